The van der Waals surface area contributed by atoms with Gasteiger partial charge in [-0.05, 0) is 18.2 Å². The van der Waals surface area contributed by atoms with Gasteiger partial charge >= 0.3 is 5.97 Å². The monoisotopic (exact) mass is 293 g/mol. The summed E-state index contributed by atoms with van der Waals surface area (Å²) in [4.78, 5) is 11.3. The average Bonchev–Trinajstić information content (AvgIpc) is 2.27. The Morgan fingerprint density at radius 3 is 2.56 bits per heavy atom. The third-order valence-corrected chi connectivity index (χ3v) is 3.07. The second kappa shape index (κ2) is 6.14. The molecule has 0 aliphatic rings. The van der Waals surface area contributed by atoms with E-state index in [1.807, 2.05) is 0 Å². The van der Waals surface area contributed by atoms with E-state index in [-0.39, 0.29) is 28.7 Å². The van der Waals surface area contributed by atoms with Crippen LogP contribution in [0.15, 0.2) is 23.1 Å². The van der Waals surface area contributed by atoms with Gasteiger partial charge in [0, 0.05) is 12.1 Å². The van der Waals surface area contributed by atoms with Crippen LogP contribution in [0, 0.1) is 0 Å². The maximum Gasteiger partial charge on any atom is 0.338 e. The third kappa shape index (κ3) is 4.26. The van der Waals surface area contributed by atoms with E-state index in [2.05, 4.69) is 0 Å². The first-order valence-electron chi connectivity index (χ1n) is 4.84. The predicted molar refractivity (Wildman–Crippen MR) is 65.0 cm³/mol. The maximum atomic E-state index is 11.6. The second-order valence-electron chi connectivity index (χ2n) is 3.35. The Kier molecular flexibility index (Phi) is 5.09. The van der Waals surface area contributed by atoms with E-state index in [9.17, 15) is 13.2 Å². The lowest BCUT2D eigenvalue weighted by Gasteiger charge is -2.06. The number of benzene rings is 1. The van der Waals surface area contributed by atoms with Crippen molar-refractivity contribution in [2.45, 2.75) is 4.90 Å². The normalized spacial score (nSPS) is 11.3. The van der Waals surface area contributed by atoms with E-state index in [0.29, 0.717) is 0 Å². The highest BCUT2D eigenvalue weighted by Gasteiger charge is 2.15. The molecule has 0 atom stereocenters. The van der Waals surface area contributed by atoms with Gasteiger partial charge in [-0.15, -0.1) is 0 Å². The highest BCUT2D eigenvalue weighted by molar-refractivity contribution is 7.89. The number of nitrogens with two attached hydrogens (primary N) is 1. The minimum absolute atomic E-state index is 0.0163. The lowest BCUT2D eigenvalue weighted by molar-refractivity contribution is 0.0388. The molecule has 0 radical (unpaired) electrons. The van der Waals surface area contributed by atoms with E-state index >= 15 is 0 Å². The molecule has 0 fully saturated rings. The number of hydrogen-bond donors (Lipinski definition) is 1. The van der Waals surface area contributed by atoms with Gasteiger partial charge in [0.25, 0.3) is 0 Å². The van der Waals surface area contributed by atoms with E-state index in [1.54, 1.807) is 0 Å². The van der Waals surface area contributed by atoms with E-state index in [4.69, 9.17) is 26.2 Å². The lowest BCUT2D eigenvalue weighted by Crippen LogP contribution is -2.14. The number of esters is 1. The Hall–Kier alpha value is -1.15. The van der Waals surface area contributed by atoms with Crippen molar-refractivity contribution < 1.29 is 22.7 Å². The number of rotatable bonds is 5. The molecule has 0 aliphatic heterocycles. The summed E-state index contributed by atoms with van der Waals surface area (Å²) >= 11 is 5.71. The number of methoxy groups -OCH3 is 1. The molecule has 0 amide bonds. The topological polar surface area (TPSA) is 95.7 Å². The zero-order valence-corrected chi connectivity index (χ0v) is 11.1. The Balaban J connectivity index is 2.96. The molecule has 0 bridgehead atoms. The van der Waals surface area contributed by atoms with Gasteiger partial charge in [0.2, 0.25) is 10.0 Å². The number of primary sulfonamides is 1. The van der Waals surface area contributed by atoms with Crippen LogP contribution in [0.1, 0.15) is 10.4 Å². The van der Waals surface area contributed by atoms with Gasteiger partial charge in [0.15, 0.2) is 0 Å². The van der Waals surface area contributed by atoms with Gasteiger partial charge in [0.05, 0.1) is 17.1 Å². The first-order chi connectivity index (χ1) is 8.34. The fraction of sp³-hybridized carbons (Fsp3) is 0.300. The molecule has 0 saturated heterocycles. The standard InChI is InChI=1S/C10H12ClNO5S/c1-16-2-3-17-10(13)7-4-8(11)6-9(5-7)18(12,14)15/h4-6H,2-3H2,1H3,(H2,12,14,15). The number of halogens is 1. The molecule has 0 aromatic heterocycles. The average molecular weight is 294 g/mol. The first-order valence-corrected chi connectivity index (χ1v) is 6.76. The zero-order chi connectivity index (χ0) is 13.8. The van der Waals surface area contributed by atoms with E-state index in [1.165, 1.54) is 13.2 Å². The molecule has 8 heteroatoms. The Morgan fingerprint density at radius 1 is 1.33 bits per heavy atom. The van der Waals surface area contributed by atoms with Crippen molar-refractivity contribution in [2.75, 3.05) is 20.3 Å². The molecule has 1 aromatic rings. The van der Waals surface area contributed by atoms with Crippen molar-refractivity contribution in [3.8, 4) is 0 Å². The first kappa shape index (κ1) is 14.9. The highest BCUT2D eigenvalue weighted by atomic mass is 35.5. The smallest absolute Gasteiger partial charge is 0.338 e. The number of carbonyl (C=O) groups excluding carboxylic acids is 1. The van der Waals surface area contributed by atoms with Gasteiger partial charge in [-0.3, -0.25) is 0 Å². The molecule has 1 rings (SSSR count). The quantitative estimate of drug-likeness (QED) is 0.639. The van der Waals surface area contributed by atoms with Crippen molar-refractivity contribution in [1.29, 1.82) is 0 Å². The van der Waals surface area contributed by atoms with Crippen molar-refractivity contribution in [3.63, 3.8) is 0 Å². The summed E-state index contributed by atoms with van der Waals surface area (Å²) in [6.45, 7) is 0.306. The molecule has 6 nitrogen and oxygen atoms in total. The molecule has 0 aliphatic carbocycles. The van der Waals surface area contributed by atoms with E-state index in [0.717, 1.165) is 12.1 Å². The van der Waals surface area contributed by atoms with Gasteiger partial charge < -0.3 is 9.47 Å². The van der Waals surface area contributed by atoms with Crippen LogP contribution < -0.4 is 5.14 Å². The lowest BCUT2D eigenvalue weighted by atomic mass is 10.2. The van der Waals surface area contributed by atoms with Crippen LogP contribution in [0.2, 0.25) is 5.02 Å². The molecular formula is C10H12ClNO5S. The Labute approximate surface area is 110 Å². The number of ether oxygens (including phenoxy) is 2. The van der Waals surface area contributed by atoms with Crippen LogP contribution in [0.5, 0.6) is 0 Å². The summed E-state index contributed by atoms with van der Waals surface area (Å²) in [6.07, 6.45) is 0. The van der Waals surface area contributed by atoms with Crippen LogP contribution in [0.4, 0.5) is 0 Å². The molecule has 0 saturated carbocycles. The molecular weight excluding hydrogens is 282 g/mol. The van der Waals surface area contributed by atoms with Crippen LogP contribution in [0.25, 0.3) is 0 Å². The molecule has 1 aromatic carbocycles. The maximum absolute atomic E-state index is 11.6. The van der Waals surface area contributed by atoms with Crippen molar-refractivity contribution in [2.24, 2.45) is 5.14 Å². The molecule has 2 N–H and O–H groups in total. The summed E-state index contributed by atoms with van der Waals surface area (Å²) in [5.41, 5.74) is 0.0163. The highest BCUT2D eigenvalue weighted by Crippen LogP contribution is 2.18. The minimum atomic E-state index is -3.92. The van der Waals surface area contributed by atoms with Gasteiger partial charge in [0.1, 0.15) is 6.61 Å². The Bertz CT molecular complexity index is 543. The zero-order valence-electron chi connectivity index (χ0n) is 9.55. The summed E-state index contributed by atoms with van der Waals surface area (Å²) in [7, 11) is -2.46. The fourth-order valence-corrected chi connectivity index (χ4v) is 2.03. The summed E-state index contributed by atoms with van der Waals surface area (Å²) < 4.78 is 31.9. The van der Waals surface area contributed by atoms with Crippen molar-refractivity contribution in [1.82, 2.24) is 0 Å². The Morgan fingerprint density at radius 2 is 2.00 bits per heavy atom. The number of carbonyl (C=O) groups is 1. The summed E-state index contributed by atoms with van der Waals surface area (Å²) in [5.74, 6) is -0.695. The van der Waals surface area contributed by atoms with Crippen LogP contribution >= 0.6 is 11.6 Å². The number of sulfonamides is 1. The fourth-order valence-electron chi connectivity index (χ4n) is 1.15. The molecule has 0 unspecified atom stereocenters. The predicted octanol–water partition coefficient (Wildman–Crippen LogP) is 0.791. The SMILES string of the molecule is COCCOC(=O)c1cc(Cl)cc(S(N)(=O)=O)c1. The third-order valence-electron chi connectivity index (χ3n) is 1.96. The van der Waals surface area contributed by atoms with Crippen molar-refractivity contribution in [3.05, 3.63) is 28.8 Å². The largest absolute Gasteiger partial charge is 0.460 e. The molecule has 100 valence electrons. The van der Waals surface area contributed by atoms with Gasteiger partial charge in [-0.2, -0.15) is 0 Å². The van der Waals surface area contributed by atoms with Crippen LogP contribution in [0.3, 0.4) is 0 Å². The van der Waals surface area contributed by atoms with E-state index < -0.39 is 16.0 Å². The second-order valence-corrected chi connectivity index (χ2v) is 5.35. The molecule has 18 heavy (non-hydrogen) atoms. The molecule has 0 heterocycles. The van der Waals surface area contributed by atoms with Gasteiger partial charge in [-0.25, -0.2) is 18.4 Å². The van der Waals surface area contributed by atoms with Crippen LogP contribution in [-0.2, 0) is 19.5 Å². The van der Waals surface area contributed by atoms with Gasteiger partial charge in [-0.1, -0.05) is 11.6 Å². The van der Waals surface area contributed by atoms with Crippen LogP contribution in [-0.4, -0.2) is 34.7 Å². The summed E-state index contributed by atoms with van der Waals surface area (Å²) in [6, 6.07) is 3.56. The summed E-state index contributed by atoms with van der Waals surface area (Å²) in [5, 5.41) is 5.04. The molecule has 0 spiro atoms. The minimum Gasteiger partial charge on any atom is -0.460 e. The number of hydrogen-bond acceptors (Lipinski definition) is 5. The van der Waals surface area contributed by atoms with Crippen molar-refractivity contribution >= 4 is 27.6 Å².